The lowest BCUT2D eigenvalue weighted by molar-refractivity contribution is 0.243. The van der Waals surface area contributed by atoms with Crippen LogP contribution in [-0.2, 0) is 0 Å². The van der Waals surface area contributed by atoms with Crippen LogP contribution in [0.5, 0.6) is 0 Å². The Morgan fingerprint density at radius 1 is 1.06 bits per heavy atom. The SMILES string of the molecule is CCCCCCCCCC(CN)N(C)CCSC. The molecule has 0 aromatic heterocycles. The molecule has 0 aromatic carbocycles. The van der Waals surface area contributed by atoms with E-state index >= 15 is 0 Å². The Kier molecular flexibility index (Phi) is 13.9. The molecule has 0 aliphatic heterocycles. The summed E-state index contributed by atoms with van der Waals surface area (Å²) in [6, 6.07) is 0.591. The molecule has 0 aliphatic carbocycles. The van der Waals surface area contributed by atoms with Gasteiger partial charge in [-0.3, -0.25) is 0 Å². The summed E-state index contributed by atoms with van der Waals surface area (Å²) in [6.45, 7) is 4.25. The normalized spacial score (nSPS) is 13.2. The van der Waals surface area contributed by atoms with E-state index in [0.29, 0.717) is 6.04 Å². The first-order valence-corrected chi connectivity index (χ1v) is 9.04. The lowest BCUT2D eigenvalue weighted by Crippen LogP contribution is -2.39. The summed E-state index contributed by atoms with van der Waals surface area (Å²) in [7, 11) is 2.22. The molecule has 2 nitrogen and oxygen atoms in total. The standard InChI is InChI=1S/C15H34N2S/c1-4-5-6-7-8-9-10-11-15(14-16)17(2)12-13-18-3/h15H,4-14,16H2,1-3H3. The van der Waals surface area contributed by atoms with Crippen LogP contribution in [0, 0.1) is 0 Å². The first kappa shape index (κ1) is 18.3. The van der Waals surface area contributed by atoms with E-state index in [1.54, 1.807) is 0 Å². The van der Waals surface area contributed by atoms with E-state index in [-0.39, 0.29) is 0 Å². The van der Waals surface area contributed by atoms with Crippen LogP contribution >= 0.6 is 11.8 Å². The Bertz CT molecular complexity index is 165. The van der Waals surface area contributed by atoms with Gasteiger partial charge in [0.05, 0.1) is 0 Å². The molecule has 0 aromatic rings. The summed E-state index contributed by atoms with van der Waals surface area (Å²) in [4.78, 5) is 2.44. The molecule has 0 heterocycles. The number of nitrogens with two attached hydrogens (primary N) is 1. The van der Waals surface area contributed by atoms with Gasteiger partial charge in [0.1, 0.15) is 0 Å². The Hall–Kier alpha value is 0.270. The van der Waals surface area contributed by atoms with Crippen molar-refractivity contribution in [3.63, 3.8) is 0 Å². The highest BCUT2D eigenvalue weighted by Gasteiger charge is 2.11. The maximum Gasteiger partial charge on any atom is 0.0215 e. The molecule has 0 radical (unpaired) electrons. The molecule has 0 saturated carbocycles. The van der Waals surface area contributed by atoms with Crippen molar-refractivity contribution >= 4 is 11.8 Å². The van der Waals surface area contributed by atoms with E-state index < -0.39 is 0 Å². The predicted octanol–water partition coefficient (Wildman–Crippen LogP) is 3.75. The van der Waals surface area contributed by atoms with Gasteiger partial charge in [-0.2, -0.15) is 11.8 Å². The molecule has 0 amide bonds. The minimum absolute atomic E-state index is 0.591. The van der Waals surface area contributed by atoms with Gasteiger partial charge in [-0.05, 0) is 19.7 Å². The third-order valence-corrected chi connectivity index (χ3v) is 4.28. The van der Waals surface area contributed by atoms with E-state index in [1.165, 1.54) is 63.7 Å². The number of thioether (sulfide) groups is 1. The number of hydrogen-bond acceptors (Lipinski definition) is 3. The van der Waals surface area contributed by atoms with Crippen molar-refractivity contribution in [3.8, 4) is 0 Å². The molecule has 0 aliphatic rings. The second-order valence-electron chi connectivity index (χ2n) is 5.27. The van der Waals surface area contributed by atoms with Crippen LogP contribution in [-0.4, -0.2) is 43.1 Å². The summed E-state index contributed by atoms with van der Waals surface area (Å²) in [6.07, 6.45) is 13.2. The smallest absolute Gasteiger partial charge is 0.0215 e. The lowest BCUT2D eigenvalue weighted by atomic mass is 10.0. The molecule has 1 unspecified atom stereocenters. The second-order valence-corrected chi connectivity index (χ2v) is 6.26. The maximum absolute atomic E-state index is 5.88. The zero-order valence-electron chi connectivity index (χ0n) is 12.8. The first-order valence-electron chi connectivity index (χ1n) is 7.65. The highest BCUT2D eigenvalue weighted by molar-refractivity contribution is 7.98. The summed E-state index contributed by atoms with van der Waals surface area (Å²) in [5, 5.41) is 0. The highest BCUT2D eigenvalue weighted by Crippen LogP contribution is 2.12. The molecular formula is C15H34N2S. The highest BCUT2D eigenvalue weighted by atomic mass is 32.2. The zero-order chi connectivity index (χ0) is 13.6. The summed E-state index contributed by atoms with van der Waals surface area (Å²) < 4.78 is 0. The minimum atomic E-state index is 0.591. The Morgan fingerprint density at radius 2 is 1.67 bits per heavy atom. The fourth-order valence-corrected chi connectivity index (χ4v) is 2.74. The quantitative estimate of drug-likeness (QED) is 0.519. The number of rotatable bonds is 13. The van der Waals surface area contributed by atoms with Crippen LogP contribution in [0.25, 0.3) is 0 Å². The van der Waals surface area contributed by atoms with E-state index in [1.807, 2.05) is 11.8 Å². The molecule has 18 heavy (non-hydrogen) atoms. The van der Waals surface area contributed by atoms with Crippen LogP contribution in [0.3, 0.4) is 0 Å². The van der Waals surface area contributed by atoms with Gasteiger partial charge in [-0.15, -0.1) is 0 Å². The Balaban J connectivity index is 3.48. The second kappa shape index (κ2) is 13.7. The molecule has 110 valence electrons. The number of likely N-dealkylation sites (N-methyl/N-ethyl adjacent to an activating group) is 1. The van der Waals surface area contributed by atoms with Gasteiger partial charge in [0.25, 0.3) is 0 Å². The van der Waals surface area contributed by atoms with Crippen molar-refractivity contribution in [2.45, 2.75) is 64.3 Å². The van der Waals surface area contributed by atoms with Gasteiger partial charge in [-0.1, -0.05) is 51.9 Å². The van der Waals surface area contributed by atoms with Crippen LogP contribution in [0.15, 0.2) is 0 Å². The molecular weight excluding hydrogens is 240 g/mol. The van der Waals surface area contributed by atoms with Crippen molar-refractivity contribution in [3.05, 3.63) is 0 Å². The van der Waals surface area contributed by atoms with Crippen molar-refractivity contribution < 1.29 is 0 Å². The van der Waals surface area contributed by atoms with E-state index in [0.717, 1.165) is 6.54 Å². The Morgan fingerprint density at radius 3 is 2.22 bits per heavy atom. The summed E-state index contributed by atoms with van der Waals surface area (Å²) in [5.74, 6) is 1.21. The predicted molar refractivity (Wildman–Crippen MR) is 86.5 cm³/mol. The monoisotopic (exact) mass is 274 g/mol. The van der Waals surface area contributed by atoms with Gasteiger partial charge < -0.3 is 10.6 Å². The number of hydrogen-bond donors (Lipinski definition) is 1. The largest absolute Gasteiger partial charge is 0.329 e. The fraction of sp³-hybridized carbons (Fsp3) is 1.00. The Labute approximate surface area is 119 Å². The summed E-state index contributed by atoms with van der Waals surface area (Å²) >= 11 is 1.91. The molecule has 0 spiro atoms. The molecule has 2 N–H and O–H groups in total. The minimum Gasteiger partial charge on any atom is -0.329 e. The zero-order valence-corrected chi connectivity index (χ0v) is 13.6. The third kappa shape index (κ3) is 10.2. The van der Waals surface area contributed by atoms with Crippen molar-refractivity contribution in [1.29, 1.82) is 0 Å². The number of unbranched alkanes of at least 4 members (excludes halogenated alkanes) is 6. The molecule has 0 rings (SSSR count). The van der Waals surface area contributed by atoms with Crippen LogP contribution in [0.1, 0.15) is 58.3 Å². The lowest BCUT2D eigenvalue weighted by Gasteiger charge is -2.26. The summed E-state index contributed by atoms with van der Waals surface area (Å²) in [5.41, 5.74) is 5.88. The van der Waals surface area contributed by atoms with Gasteiger partial charge in [0, 0.05) is 24.9 Å². The topological polar surface area (TPSA) is 29.3 Å². The van der Waals surface area contributed by atoms with Crippen LogP contribution in [0.4, 0.5) is 0 Å². The number of nitrogens with zero attached hydrogens (tertiary/aromatic N) is 1. The van der Waals surface area contributed by atoms with Gasteiger partial charge in [0.2, 0.25) is 0 Å². The van der Waals surface area contributed by atoms with Gasteiger partial charge >= 0.3 is 0 Å². The first-order chi connectivity index (χ1) is 8.76. The molecule has 1 atom stereocenters. The van der Waals surface area contributed by atoms with Crippen molar-refractivity contribution in [1.82, 2.24) is 4.90 Å². The molecule has 0 saturated heterocycles. The fourth-order valence-electron chi connectivity index (χ4n) is 2.27. The average Bonchev–Trinajstić information content (AvgIpc) is 2.39. The van der Waals surface area contributed by atoms with Crippen LogP contribution < -0.4 is 5.73 Å². The molecule has 3 heteroatoms. The van der Waals surface area contributed by atoms with Crippen molar-refractivity contribution in [2.75, 3.05) is 32.1 Å². The van der Waals surface area contributed by atoms with E-state index in [2.05, 4.69) is 25.1 Å². The average molecular weight is 275 g/mol. The van der Waals surface area contributed by atoms with Gasteiger partial charge in [-0.25, -0.2) is 0 Å². The van der Waals surface area contributed by atoms with E-state index in [4.69, 9.17) is 5.73 Å². The third-order valence-electron chi connectivity index (χ3n) is 3.68. The molecule has 0 fully saturated rings. The van der Waals surface area contributed by atoms with Crippen molar-refractivity contribution in [2.24, 2.45) is 5.73 Å². The van der Waals surface area contributed by atoms with Crippen LogP contribution in [0.2, 0.25) is 0 Å². The molecule has 0 bridgehead atoms. The maximum atomic E-state index is 5.88. The van der Waals surface area contributed by atoms with E-state index in [9.17, 15) is 0 Å². The van der Waals surface area contributed by atoms with Gasteiger partial charge in [0.15, 0.2) is 0 Å².